The van der Waals surface area contributed by atoms with E-state index in [0.29, 0.717) is 80.5 Å². The molecule has 0 aliphatic carbocycles. The van der Waals surface area contributed by atoms with Crippen LogP contribution in [0.4, 0.5) is 9.59 Å². The molecule has 5 rings (SSSR count). The van der Waals surface area contributed by atoms with Crippen molar-refractivity contribution in [1.82, 2.24) is 9.80 Å². The van der Waals surface area contributed by atoms with Crippen LogP contribution >= 0.6 is 0 Å². The molecule has 3 aromatic rings. The van der Waals surface area contributed by atoms with Crippen LogP contribution in [-0.2, 0) is 9.47 Å². The molecule has 0 saturated carbocycles. The summed E-state index contributed by atoms with van der Waals surface area (Å²) in [6, 6.07) is 11.3. The van der Waals surface area contributed by atoms with Gasteiger partial charge in [-0.2, -0.15) is 0 Å². The number of rotatable bonds is 3. The van der Waals surface area contributed by atoms with Crippen LogP contribution in [-0.4, -0.2) is 74.6 Å². The summed E-state index contributed by atoms with van der Waals surface area (Å²) in [5.74, 6) is 0.665. The molecule has 10 heteroatoms. The first-order valence-electron chi connectivity index (χ1n) is 11.3. The minimum Gasteiger partial charge on any atom is -0.463 e. The summed E-state index contributed by atoms with van der Waals surface area (Å²) in [4.78, 5) is 40.8. The molecule has 1 aromatic heterocycles. The van der Waals surface area contributed by atoms with Gasteiger partial charge in [0.2, 0.25) is 0 Å². The van der Waals surface area contributed by atoms with Gasteiger partial charge in [0.1, 0.15) is 23.3 Å². The van der Waals surface area contributed by atoms with Gasteiger partial charge in [0.15, 0.2) is 5.43 Å². The Morgan fingerprint density at radius 1 is 0.743 bits per heavy atom. The van der Waals surface area contributed by atoms with Gasteiger partial charge < -0.3 is 33.2 Å². The number of fused-ring (bicyclic) bond motifs is 1. The van der Waals surface area contributed by atoms with Crippen LogP contribution in [0.25, 0.3) is 22.1 Å². The molecule has 2 saturated heterocycles. The fourth-order valence-corrected chi connectivity index (χ4v) is 3.90. The van der Waals surface area contributed by atoms with E-state index in [-0.39, 0.29) is 11.2 Å². The van der Waals surface area contributed by atoms with Gasteiger partial charge in [-0.15, -0.1) is 0 Å². The molecule has 0 radical (unpaired) electrons. The maximum atomic E-state index is 13.1. The molecule has 2 aliphatic rings. The van der Waals surface area contributed by atoms with Crippen LogP contribution in [0, 0.1) is 0 Å². The minimum absolute atomic E-state index is 0.227. The van der Waals surface area contributed by atoms with Crippen molar-refractivity contribution in [3.63, 3.8) is 0 Å². The van der Waals surface area contributed by atoms with Gasteiger partial charge in [-0.05, 0) is 29.8 Å². The second-order valence-electron chi connectivity index (χ2n) is 8.10. The van der Waals surface area contributed by atoms with Crippen LogP contribution in [0.5, 0.6) is 11.5 Å². The molecule has 3 heterocycles. The van der Waals surface area contributed by atoms with Gasteiger partial charge in [0.25, 0.3) is 0 Å². The summed E-state index contributed by atoms with van der Waals surface area (Å²) in [5, 5.41) is 0.358. The van der Waals surface area contributed by atoms with Gasteiger partial charge >= 0.3 is 12.2 Å². The van der Waals surface area contributed by atoms with E-state index in [1.165, 1.54) is 12.3 Å². The molecule has 2 aromatic carbocycles. The largest absolute Gasteiger partial charge is 0.463 e. The third-order valence-corrected chi connectivity index (χ3v) is 5.86. The Bertz CT molecular complexity index is 1270. The summed E-state index contributed by atoms with van der Waals surface area (Å²) in [6.07, 6.45) is 0.463. The molecular weight excluding hydrogens is 456 g/mol. The van der Waals surface area contributed by atoms with Gasteiger partial charge in [0.05, 0.1) is 37.4 Å². The number of hydrogen-bond acceptors (Lipinski definition) is 8. The highest BCUT2D eigenvalue weighted by Crippen LogP contribution is 2.25. The molecule has 2 aliphatic heterocycles. The molecule has 35 heavy (non-hydrogen) atoms. The average molecular weight is 480 g/mol. The van der Waals surface area contributed by atoms with Crippen molar-refractivity contribution in [2.45, 2.75) is 0 Å². The zero-order valence-corrected chi connectivity index (χ0v) is 18.9. The molecule has 0 bridgehead atoms. The number of morpholine rings is 2. The van der Waals surface area contributed by atoms with E-state index in [4.69, 9.17) is 23.4 Å². The van der Waals surface area contributed by atoms with E-state index >= 15 is 0 Å². The van der Waals surface area contributed by atoms with Crippen LogP contribution in [0.2, 0.25) is 0 Å². The molecule has 2 amide bonds. The van der Waals surface area contributed by atoms with E-state index in [9.17, 15) is 14.4 Å². The molecule has 10 nitrogen and oxygen atoms in total. The lowest BCUT2D eigenvalue weighted by Crippen LogP contribution is -2.42. The van der Waals surface area contributed by atoms with Crippen molar-refractivity contribution in [3.8, 4) is 22.6 Å². The highest BCUT2D eigenvalue weighted by Gasteiger charge is 2.20. The standard InChI is InChI=1S/C25H24N2O8/c28-23-20-6-5-19(35-25(30)27-9-13-32-14-10-27)15-22(20)33-16-21(23)17-1-3-18(4-2-17)34-24(29)26-7-11-31-12-8-26/h1-6,15-16H,7-14H2. The van der Waals surface area contributed by atoms with Crippen LogP contribution < -0.4 is 14.9 Å². The monoisotopic (exact) mass is 480 g/mol. The van der Waals surface area contributed by atoms with Gasteiger partial charge in [-0.25, -0.2) is 9.59 Å². The van der Waals surface area contributed by atoms with E-state index in [1.807, 2.05) is 0 Å². The molecule has 0 spiro atoms. The first-order chi connectivity index (χ1) is 17.1. The zero-order chi connectivity index (χ0) is 24.2. The van der Waals surface area contributed by atoms with Crippen molar-refractivity contribution in [3.05, 3.63) is 59.0 Å². The van der Waals surface area contributed by atoms with E-state index in [1.54, 1.807) is 46.2 Å². The number of nitrogens with zero attached hydrogens (tertiary/aromatic N) is 2. The lowest BCUT2D eigenvalue weighted by molar-refractivity contribution is 0.0415. The van der Waals surface area contributed by atoms with Crippen LogP contribution in [0.1, 0.15) is 0 Å². The second kappa shape index (κ2) is 10.2. The van der Waals surface area contributed by atoms with Crippen molar-refractivity contribution in [1.29, 1.82) is 0 Å². The Morgan fingerprint density at radius 2 is 1.29 bits per heavy atom. The number of ether oxygens (including phenoxy) is 4. The molecule has 0 atom stereocenters. The Hall–Kier alpha value is -3.89. The molecule has 0 N–H and O–H groups in total. The summed E-state index contributed by atoms with van der Waals surface area (Å²) in [6.45, 7) is 3.84. The van der Waals surface area contributed by atoms with E-state index in [2.05, 4.69) is 0 Å². The predicted molar refractivity (Wildman–Crippen MR) is 125 cm³/mol. The Kier molecular flexibility index (Phi) is 6.64. The number of hydrogen-bond donors (Lipinski definition) is 0. The second-order valence-corrected chi connectivity index (χ2v) is 8.10. The van der Waals surface area contributed by atoms with Gasteiger partial charge in [-0.1, -0.05) is 12.1 Å². The molecule has 2 fully saturated rings. The molecule has 0 unspecified atom stereocenters. The topological polar surface area (TPSA) is 108 Å². The molecular formula is C25H24N2O8. The van der Waals surface area contributed by atoms with Crippen molar-refractivity contribution in [2.24, 2.45) is 0 Å². The predicted octanol–water partition coefficient (Wildman–Crippen LogP) is 3.12. The molecule has 182 valence electrons. The maximum Gasteiger partial charge on any atom is 0.415 e. The minimum atomic E-state index is -0.471. The van der Waals surface area contributed by atoms with E-state index < -0.39 is 12.2 Å². The highest BCUT2D eigenvalue weighted by atomic mass is 16.6. The summed E-state index contributed by atoms with van der Waals surface area (Å²) in [5.41, 5.74) is 1.06. The number of carbonyl (C=O) groups excluding carboxylic acids is 2. The van der Waals surface area contributed by atoms with Crippen molar-refractivity contribution >= 4 is 23.2 Å². The lowest BCUT2D eigenvalue weighted by Gasteiger charge is -2.25. The summed E-state index contributed by atoms with van der Waals surface area (Å²) >= 11 is 0. The Balaban J connectivity index is 1.30. The third kappa shape index (κ3) is 5.13. The van der Waals surface area contributed by atoms with Crippen molar-refractivity contribution < 1.29 is 33.0 Å². The Labute approximate surface area is 200 Å². The third-order valence-electron chi connectivity index (χ3n) is 5.86. The number of benzene rings is 2. The Morgan fingerprint density at radius 3 is 1.89 bits per heavy atom. The quantitative estimate of drug-likeness (QED) is 0.563. The summed E-state index contributed by atoms with van der Waals surface area (Å²) in [7, 11) is 0. The van der Waals surface area contributed by atoms with Crippen LogP contribution in [0.15, 0.2) is 57.9 Å². The van der Waals surface area contributed by atoms with Gasteiger partial charge in [-0.3, -0.25) is 4.79 Å². The normalized spacial score (nSPS) is 16.2. The van der Waals surface area contributed by atoms with Crippen LogP contribution in [0.3, 0.4) is 0 Å². The van der Waals surface area contributed by atoms with Gasteiger partial charge in [0, 0.05) is 32.2 Å². The average Bonchev–Trinajstić information content (AvgIpc) is 2.90. The fraction of sp³-hybridized carbons (Fsp3) is 0.320. The summed E-state index contributed by atoms with van der Waals surface area (Å²) < 4.78 is 27.0. The first kappa shape index (κ1) is 22.9. The van der Waals surface area contributed by atoms with Crippen molar-refractivity contribution in [2.75, 3.05) is 52.6 Å². The zero-order valence-electron chi connectivity index (χ0n) is 18.9. The fourth-order valence-electron chi connectivity index (χ4n) is 3.90. The lowest BCUT2D eigenvalue weighted by atomic mass is 10.1. The van der Waals surface area contributed by atoms with E-state index in [0.717, 1.165) is 0 Å². The number of amides is 2. The SMILES string of the molecule is O=C(Oc1ccc(-c2coc3cc(OC(=O)N4CCOCC4)ccc3c2=O)cc1)N1CCOCC1. The highest BCUT2D eigenvalue weighted by molar-refractivity contribution is 5.83. The first-order valence-corrected chi connectivity index (χ1v) is 11.3. The maximum absolute atomic E-state index is 13.1. The number of carbonyl (C=O) groups is 2. The smallest absolute Gasteiger partial charge is 0.415 e.